The van der Waals surface area contributed by atoms with Crippen LogP contribution in [0.15, 0.2) is 24.5 Å². The van der Waals surface area contributed by atoms with Gasteiger partial charge in [0.1, 0.15) is 0 Å². The van der Waals surface area contributed by atoms with E-state index in [-0.39, 0.29) is 17.9 Å². The van der Waals surface area contributed by atoms with Crippen molar-refractivity contribution in [3.8, 4) is 0 Å². The fraction of sp³-hybridized carbons (Fsp3) is 0.667. The average molecular weight is 370 g/mol. The second-order valence-electron chi connectivity index (χ2n) is 8.76. The summed E-state index contributed by atoms with van der Waals surface area (Å²) in [6.45, 7) is 8.29. The fourth-order valence-electron chi connectivity index (χ4n) is 4.93. The maximum absolute atomic E-state index is 13.5. The number of hydrogen-bond donors (Lipinski definition) is 0. The largest absolute Gasteiger partial charge is 0.336 e. The van der Waals surface area contributed by atoms with Crippen molar-refractivity contribution in [1.82, 2.24) is 19.7 Å². The van der Waals surface area contributed by atoms with Crippen LogP contribution in [0.2, 0.25) is 0 Å². The third kappa shape index (κ3) is 3.47. The van der Waals surface area contributed by atoms with E-state index in [4.69, 9.17) is 0 Å². The molecule has 0 aromatic carbocycles. The van der Waals surface area contributed by atoms with Crippen LogP contribution in [0.3, 0.4) is 0 Å². The number of likely N-dealkylation sites (tertiary alicyclic amines) is 1. The van der Waals surface area contributed by atoms with Gasteiger partial charge in [0, 0.05) is 38.1 Å². The molecule has 0 saturated carbocycles. The zero-order valence-corrected chi connectivity index (χ0v) is 16.4. The molecule has 5 rings (SSSR count). The highest BCUT2D eigenvalue weighted by molar-refractivity contribution is 5.94. The molecule has 6 nitrogen and oxygen atoms in total. The van der Waals surface area contributed by atoms with Crippen molar-refractivity contribution in [1.29, 1.82) is 0 Å². The van der Waals surface area contributed by atoms with Gasteiger partial charge in [-0.1, -0.05) is 0 Å². The zero-order chi connectivity index (χ0) is 19.0. The van der Waals surface area contributed by atoms with Gasteiger partial charge in [-0.2, -0.15) is 0 Å². The van der Waals surface area contributed by atoms with Crippen LogP contribution >= 0.6 is 0 Å². The van der Waals surface area contributed by atoms with Crippen molar-refractivity contribution >= 4 is 11.8 Å². The Balaban J connectivity index is 1.51. The molecular formula is C21H30N4O2. The third-order valence-electron chi connectivity index (χ3n) is 6.59. The molecule has 1 aromatic rings. The van der Waals surface area contributed by atoms with Crippen LogP contribution in [0.1, 0.15) is 49.9 Å². The summed E-state index contributed by atoms with van der Waals surface area (Å²) in [5.41, 5.74) is 0.174. The molecule has 2 amide bonds. The zero-order valence-electron chi connectivity index (χ0n) is 16.4. The maximum Gasteiger partial charge on any atom is 0.255 e. The van der Waals surface area contributed by atoms with Crippen molar-refractivity contribution < 1.29 is 9.59 Å². The van der Waals surface area contributed by atoms with Gasteiger partial charge in [0.05, 0.1) is 11.1 Å². The Bertz CT molecular complexity index is 699. The number of pyridine rings is 1. The smallest absolute Gasteiger partial charge is 0.255 e. The molecule has 27 heavy (non-hydrogen) atoms. The highest BCUT2D eigenvalue weighted by atomic mass is 16.2. The standard InChI is InChI=1S/C21H30N4O2/c1-21(2,24-10-3-4-11-24)20(27)25-14-16-7-8-18(25)15-23(13-16)19(26)17-6-5-9-22-12-17/h5-6,9,12,16,18H,3-4,7-8,10-11,13-15H2,1-2H3/t16-,18+/m0/s1. The number of piperidine rings is 1. The minimum Gasteiger partial charge on any atom is -0.336 e. The molecule has 1 aromatic heterocycles. The number of nitrogens with zero attached hydrogens (tertiary/aromatic N) is 4. The summed E-state index contributed by atoms with van der Waals surface area (Å²) in [6, 6.07) is 3.74. The first-order valence-electron chi connectivity index (χ1n) is 10.2. The molecule has 4 saturated heterocycles. The lowest BCUT2D eigenvalue weighted by Gasteiger charge is -2.43. The number of carbonyl (C=O) groups excluding carboxylic acids is 2. The van der Waals surface area contributed by atoms with Gasteiger partial charge in [0.25, 0.3) is 5.91 Å². The van der Waals surface area contributed by atoms with Gasteiger partial charge in [0.15, 0.2) is 0 Å². The number of hydrogen-bond acceptors (Lipinski definition) is 4. The number of rotatable bonds is 3. The minimum absolute atomic E-state index is 0.0353. The lowest BCUT2D eigenvalue weighted by atomic mass is 9.91. The van der Waals surface area contributed by atoms with Crippen LogP contribution < -0.4 is 0 Å². The van der Waals surface area contributed by atoms with E-state index in [0.717, 1.165) is 39.0 Å². The summed E-state index contributed by atoms with van der Waals surface area (Å²) < 4.78 is 0. The topological polar surface area (TPSA) is 56.8 Å². The molecule has 0 N–H and O–H groups in total. The van der Waals surface area contributed by atoms with Gasteiger partial charge >= 0.3 is 0 Å². The lowest BCUT2D eigenvalue weighted by Crippen LogP contribution is -2.59. The van der Waals surface area contributed by atoms with Gasteiger partial charge in [-0.05, 0) is 70.7 Å². The first-order valence-corrected chi connectivity index (χ1v) is 10.2. The third-order valence-corrected chi connectivity index (χ3v) is 6.59. The van der Waals surface area contributed by atoms with E-state index in [2.05, 4.69) is 28.6 Å². The van der Waals surface area contributed by atoms with Crippen molar-refractivity contribution in [3.05, 3.63) is 30.1 Å². The van der Waals surface area contributed by atoms with Gasteiger partial charge in [-0.25, -0.2) is 0 Å². The molecule has 4 aliphatic rings. The lowest BCUT2D eigenvalue weighted by molar-refractivity contribution is -0.146. The van der Waals surface area contributed by atoms with Gasteiger partial charge in [-0.15, -0.1) is 0 Å². The average Bonchev–Trinajstić information content (AvgIpc) is 3.09. The second kappa shape index (κ2) is 7.23. The fourth-order valence-corrected chi connectivity index (χ4v) is 4.93. The van der Waals surface area contributed by atoms with Crippen LogP contribution in [0.25, 0.3) is 0 Å². The van der Waals surface area contributed by atoms with E-state index >= 15 is 0 Å². The monoisotopic (exact) mass is 370 g/mol. The highest BCUT2D eigenvalue weighted by Gasteiger charge is 2.45. The number of aromatic nitrogens is 1. The Hall–Kier alpha value is -1.95. The SMILES string of the molecule is CC(C)(C(=O)N1C[C@H]2CC[C@@H]1CN(C(=O)c1cccnc1)C2)N1CCCC1. The van der Waals surface area contributed by atoms with Crippen molar-refractivity contribution in [2.24, 2.45) is 5.92 Å². The number of amides is 2. The molecule has 146 valence electrons. The predicted octanol–water partition coefficient (Wildman–Crippen LogP) is 2.02. The Morgan fingerprint density at radius 3 is 2.59 bits per heavy atom. The van der Waals surface area contributed by atoms with E-state index in [1.807, 2.05) is 11.0 Å². The predicted molar refractivity (Wildman–Crippen MR) is 103 cm³/mol. The Labute approximate surface area is 161 Å². The van der Waals surface area contributed by atoms with E-state index in [1.165, 1.54) is 12.8 Å². The summed E-state index contributed by atoms with van der Waals surface area (Å²) in [5.74, 6) is 0.630. The van der Waals surface area contributed by atoms with Crippen LogP contribution in [-0.4, -0.2) is 75.8 Å². The molecule has 4 fully saturated rings. The molecule has 6 heteroatoms. The molecule has 2 atom stereocenters. The number of carbonyl (C=O) groups is 2. The van der Waals surface area contributed by atoms with Gasteiger partial charge in [0.2, 0.25) is 5.91 Å². The van der Waals surface area contributed by atoms with Crippen LogP contribution in [-0.2, 0) is 4.79 Å². The molecule has 4 aliphatic heterocycles. The van der Waals surface area contributed by atoms with E-state index < -0.39 is 5.54 Å². The molecule has 0 aliphatic carbocycles. The highest BCUT2D eigenvalue weighted by Crippen LogP contribution is 2.32. The molecular weight excluding hydrogens is 340 g/mol. The van der Waals surface area contributed by atoms with Crippen molar-refractivity contribution in [2.75, 3.05) is 32.7 Å². The Morgan fingerprint density at radius 1 is 1.11 bits per heavy atom. The summed E-state index contributed by atoms with van der Waals surface area (Å²) in [5, 5.41) is 0. The molecule has 5 heterocycles. The van der Waals surface area contributed by atoms with Gasteiger partial charge < -0.3 is 9.80 Å². The van der Waals surface area contributed by atoms with E-state index in [9.17, 15) is 9.59 Å². The van der Waals surface area contributed by atoms with Crippen LogP contribution in [0.5, 0.6) is 0 Å². The van der Waals surface area contributed by atoms with E-state index in [0.29, 0.717) is 18.0 Å². The van der Waals surface area contributed by atoms with Crippen molar-refractivity contribution in [3.63, 3.8) is 0 Å². The number of fused-ring (bicyclic) bond motifs is 4. The summed E-state index contributed by atoms with van der Waals surface area (Å²) >= 11 is 0. The first kappa shape index (κ1) is 18.4. The molecule has 0 radical (unpaired) electrons. The normalized spacial score (nSPS) is 26.3. The summed E-state index contributed by atoms with van der Waals surface area (Å²) in [4.78, 5) is 36.8. The Kier molecular flexibility index (Phi) is 4.93. The van der Waals surface area contributed by atoms with E-state index in [1.54, 1.807) is 18.5 Å². The van der Waals surface area contributed by atoms with Gasteiger partial charge in [-0.3, -0.25) is 19.5 Å². The minimum atomic E-state index is -0.459. The van der Waals surface area contributed by atoms with Crippen molar-refractivity contribution in [2.45, 2.75) is 51.1 Å². The summed E-state index contributed by atoms with van der Waals surface area (Å²) in [6.07, 6.45) is 7.75. The quantitative estimate of drug-likeness (QED) is 0.817. The maximum atomic E-state index is 13.5. The molecule has 2 bridgehead atoms. The Morgan fingerprint density at radius 2 is 1.89 bits per heavy atom. The van der Waals surface area contributed by atoms with Crippen LogP contribution in [0, 0.1) is 5.92 Å². The molecule has 0 unspecified atom stereocenters. The first-order chi connectivity index (χ1) is 13.0. The van der Waals surface area contributed by atoms with Crippen LogP contribution in [0.4, 0.5) is 0 Å². The second-order valence-corrected chi connectivity index (χ2v) is 8.76. The summed E-state index contributed by atoms with van der Waals surface area (Å²) in [7, 11) is 0. The molecule has 0 spiro atoms.